The van der Waals surface area contributed by atoms with E-state index in [1.54, 1.807) is 30.2 Å². The van der Waals surface area contributed by atoms with Crippen molar-refractivity contribution < 1.29 is 4.79 Å². The van der Waals surface area contributed by atoms with Crippen LogP contribution in [0.5, 0.6) is 0 Å². The predicted octanol–water partition coefficient (Wildman–Crippen LogP) is 2.25. The Bertz CT molecular complexity index is 596. The van der Waals surface area contributed by atoms with Gasteiger partial charge in [0.25, 0.3) is 5.91 Å². The molecule has 100 valence electrons. The lowest BCUT2D eigenvalue weighted by atomic mass is 10.2. The average Bonchev–Trinajstić information content (AvgIpc) is 2.85. The fraction of sp³-hybridized carbons (Fsp3) is 0.250. The van der Waals surface area contributed by atoms with Crippen LogP contribution in [0, 0.1) is 0 Å². The molecule has 2 aromatic rings. The highest BCUT2D eigenvalue weighted by molar-refractivity contribution is 6.30. The van der Waals surface area contributed by atoms with E-state index >= 15 is 0 Å². The van der Waals surface area contributed by atoms with Crippen LogP contribution in [0.3, 0.4) is 0 Å². The SMILES string of the molecule is CCn1cc(NC(=O)c2cc(Cl)nc(NC)c2)cn1. The molecule has 0 radical (unpaired) electrons. The van der Waals surface area contributed by atoms with Gasteiger partial charge in [-0.15, -0.1) is 0 Å². The van der Waals surface area contributed by atoms with Crippen molar-refractivity contribution >= 4 is 29.0 Å². The number of hydrogen-bond acceptors (Lipinski definition) is 4. The first-order valence-electron chi connectivity index (χ1n) is 5.81. The van der Waals surface area contributed by atoms with Crippen molar-refractivity contribution in [3.8, 4) is 0 Å². The van der Waals surface area contributed by atoms with Crippen molar-refractivity contribution in [2.24, 2.45) is 0 Å². The van der Waals surface area contributed by atoms with Crippen molar-refractivity contribution in [3.63, 3.8) is 0 Å². The van der Waals surface area contributed by atoms with Gasteiger partial charge in [-0.3, -0.25) is 9.48 Å². The minimum Gasteiger partial charge on any atom is -0.373 e. The van der Waals surface area contributed by atoms with E-state index in [9.17, 15) is 4.79 Å². The Morgan fingerprint density at radius 2 is 2.26 bits per heavy atom. The van der Waals surface area contributed by atoms with E-state index in [-0.39, 0.29) is 11.1 Å². The zero-order valence-electron chi connectivity index (χ0n) is 10.6. The zero-order chi connectivity index (χ0) is 13.8. The first-order chi connectivity index (χ1) is 9.12. The number of nitrogens with one attached hydrogen (secondary N) is 2. The zero-order valence-corrected chi connectivity index (χ0v) is 11.4. The number of amides is 1. The van der Waals surface area contributed by atoms with Gasteiger partial charge in [-0.25, -0.2) is 4.98 Å². The van der Waals surface area contributed by atoms with Crippen molar-refractivity contribution in [3.05, 3.63) is 35.2 Å². The molecule has 2 N–H and O–H groups in total. The summed E-state index contributed by atoms with van der Waals surface area (Å²) in [4.78, 5) is 16.1. The summed E-state index contributed by atoms with van der Waals surface area (Å²) in [6, 6.07) is 3.15. The average molecular weight is 280 g/mol. The Kier molecular flexibility index (Phi) is 4.01. The van der Waals surface area contributed by atoms with Crippen molar-refractivity contribution in [1.29, 1.82) is 0 Å². The highest BCUT2D eigenvalue weighted by Gasteiger charge is 2.10. The van der Waals surface area contributed by atoms with Gasteiger partial charge >= 0.3 is 0 Å². The summed E-state index contributed by atoms with van der Waals surface area (Å²) in [7, 11) is 1.71. The summed E-state index contributed by atoms with van der Waals surface area (Å²) >= 11 is 5.85. The molecule has 0 atom stereocenters. The summed E-state index contributed by atoms with van der Waals surface area (Å²) in [5.74, 6) is 0.290. The molecular formula is C12H14ClN5O. The molecule has 6 nitrogen and oxygen atoms in total. The number of halogens is 1. The minimum atomic E-state index is -0.253. The van der Waals surface area contributed by atoms with Gasteiger partial charge in [0, 0.05) is 25.4 Å². The Hall–Kier alpha value is -2.08. The molecule has 2 rings (SSSR count). The Morgan fingerprint density at radius 1 is 1.47 bits per heavy atom. The van der Waals surface area contributed by atoms with Crippen molar-refractivity contribution in [2.45, 2.75) is 13.5 Å². The second kappa shape index (κ2) is 5.71. The fourth-order valence-electron chi connectivity index (χ4n) is 1.56. The van der Waals surface area contributed by atoms with Crippen LogP contribution < -0.4 is 10.6 Å². The van der Waals surface area contributed by atoms with Crippen molar-refractivity contribution in [2.75, 3.05) is 17.7 Å². The Balaban J connectivity index is 2.17. The lowest BCUT2D eigenvalue weighted by molar-refractivity contribution is 0.102. The molecule has 0 saturated heterocycles. The standard InChI is InChI=1S/C12H14ClN5O/c1-3-18-7-9(6-15-18)16-12(19)8-4-10(13)17-11(5-8)14-2/h4-7H,3H2,1-2H3,(H,14,17)(H,16,19). The number of rotatable bonds is 4. The molecular weight excluding hydrogens is 266 g/mol. The van der Waals surface area contributed by atoms with Crippen LogP contribution in [0.25, 0.3) is 0 Å². The first kappa shape index (κ1) is 13.4. The molecule has 2 heterocycles. The maximum atomic E-state index is 12.1. The third-order valence-corrected chi connectivity index (χ3v) is 2.72. The summed E-state index contributed by atoms with van der Waals surface area (Å²) in [5.41, 5.74) is 1.08. The van der Waals surface area contributed by atoms with Gasteiger partial charge in [0.1, 0.15) is 11.0 Å². The number of carbonyl (C=O) groups is 1. The van der Waals surface area contributed by atoms with Gasteiger partial charge in [0.05, 0.1) is 11.9 Å². The molecule has 19 heavy (non-hydrogen) atoms. The van der Waals surface area contributed by atoms with Crippen molar-refractivity contribution in [1.82, 2.24) is 14.8 Å². The topological polar surface area (TPSA) is 71.8 Å². The van der Waals surface area contributed by atoms with Crippen LogP contribution in [0.2, 0.25) is 5.15 Å². The quantitative estimate of drug-likeness (QED) is 0.842. The van der Waals surface area contributed by atoms with E-state index in [1.165, 1.54) is 6.07 Å². The number of anilines is 2. The van der Waals surface area contributed by atoms with Crippen LogP contribution in [-0.4, -0.2) is 27.7 Å². The number of aromatic nitrogens is 3. The molecule has 0 unspecified atom stereocenters. The highest BCUT2D eigenvalue weighted by atomic mass is 35.5. The van der Waals surface area contributed by atoms with Gasteiger partial charge in [0.2, 0.25) is 0 Å². The van der Waals surface area contributed by atoms with E-state index in [4.69, 9.17) is 11.6 Å². The molecule has 0 spiro atoms. The minimum absolute atomic E-state index is 0.253. The summed E-state index contributed by atoms with van der Waals surface area (Å²) in [6.45, 7) is 2.72. The van der Waals surface area contributed by atoms with Gasteiger partial charge < -0.3 is 10.6 Å². The van der Waals surface area contributed by atoms with Crippen LogP contribution in [0.4, 0.5) is 11.5 Å². The molecule has 0 aromatic carbocycles. The van der Waals surface area contributed by atoms with Gasteiger partial charge in [-0.2, -0.15) is 5.10 Å². The molecule has 0 aliphatic carbocycles. The normalized spacial score (nSPS) is 10.3. The number of hydrogen-bond donors (Lipinski definition) is 2. The van der Waals surface area contributed by atoms with E-state index < -0.39 is 0 Å². The Morgan fingerprint density at radius 3 is 2.89 bits per heavy atom. The monoisotopic (exact) mass is 279 g/mol. The predicted molar refractivity (Wildman–Crippen MR) is 74.6 cm³/mol. The molecule has 1 amide bonds. The number of nitrogens with zero attached hydrogens (tertiary/aromatic N) is 3. The Labute approximate surface area is 115 Å². The highest BCUT2D eigenvalue weighted by Crippen LogP contribution is 2.16. The summed E-state index contributed by atoms with van der Waals surface area (Å²) < 4.78 is 1.73. The van der Waals surface area contributed by atoms with Crippen LogP contribution in [0.1, 0.15) is 17.3 Å². The van der Waals surface area contributed by atoms with Crippen LogP contribution >= 0.6 is 11.6 Å². The lowest BCUT2D eigenvalue weighted by Gasteiger charge is -2.05. The van der Waals surface area contributed by atoms with E-state index in [2.05, 4.69) is 20.7 Å². The fourth-order valence-corrected chi connectivity index (χ4v) is 1.77. The van der Waals surface area contributed by atoms with Crippen LogP contribution in [-0.2, 0) is 6.54 Å². The maximum absolute atomic E-state index is 12.1. The smallest absolute Gasteiger partial charge is 0.255 e. The summed E-state index contributed by atoms with van der Waals surface area (Å²) in [5, 5.41) is 9.95. The van der Waals surface area contributed by atoms with Gasteiger partial charge in [-0.1, -0.05) is 11.6 Å². The van der Waals surface area contributed by atoms with E-state index in [0.717, 1.165) is 6.54 Å². The second-order valence-electron chi connectivity index (χ2n) is 3.85. The van der Waals surface area contributed by atoms with Crippen LogP contribution in [0.15, 0.2) is 24.5 Å². The molecule has 0 bridgehead atoms. The maximum Gasteiger partial charge on any atom is 0.255 e. The molecule has 2 aromatic heterocycles. The molecule has 0 fully saturated rings. The molecule has 0 aliphatic heterocycles. The van der Waals surface area contributed by atoms with E-state index in [1.807, 2.05) is 6.92 Å². The molecule has 0 aliphatic rings. The number of carbonyl (C=O) groups excluding carboxylic acids is 1. The number of aryl methyl sites for hydroxylation is 1. The molecule has 7 heteroatoms. The van der Waals surface area contributed by atoms with Gasteiger partial charge in [0.15, 0.2) is 0 Å². The largest absolute Gasteiger partial charge is 0.373 e. The lowest BCUT2D eigenvalue weighted by Crippen LogP contribution is -2.12. The number of pyridine rings is 1. The molecule has 0 saturated carbocycles. The second-order valence-corrected chi connectivity index (χ2v) is 4.24. The third-order valence-electron chi connectivity index (χ3n) is 2.53. The van der Waals surface area contributed by atoms with E-state index in [0.29, 0.717) is 17.1 Å². The summed E-state index contributed by atoms with van der Waals surface area (Å²) in [6.07, 6.45) is 3.36. The third kappa shape index (κ3) is 3.23. The van der Waals surface area contributed by atoms with Gasteiger partial charge in [-0.05, 0) is 19.1 Å². The first-order valence-corrected chi connectivity index (χ1v) is 6.19.